The number of amides is 1. The second kappa shape index (κ2) is 11.7. The molecule has 4 rings (SSSR count). The molecule has 188 valence electrons. The largest absolute Gasteiger partial charge is 0.493 e. The van der Waals surface area contributed by atoms with Crippen LogP contribution in [0, 0.1) is 5.92 Å². The highest BCUT2D eigenvalue weighted by Crippen LogP contribution is 2.37. The Balaban J connectivity index is 1.48. The fraction of sp³-hybridized carbons (Fsp3) is 0.500. The number of carbonyl (C=O) groups excluding carboxylic acids is 2. The molecule has 35 heavy (non-hydrogen) atoms. The average Bonchev–Trinajstić information content (AvgIpc) is 2.92. The van der Waals surface area contributed by atoms with Crippen LogP contribution in [-0.4, -0.2) is 52.0 Å². The molecule has 2 aliphatic rings. The summed E-state index contributed by atoms with van der Waals surface area (Å²) in [6, 6.07) is 14.9. The van der Waals surface area contributed by atoms with E-state index in [0.29, 0.717) is 44.1 Å². The third kappa shape index (κ3) is 6.03. The van der Waals surface area contributed by atoms with Crippen LogP contribution in [0.1, 0.15) is 60.1 Å². The first-order valence-corrected chi connectivity index (χ1v) is 12.4. The summed E-state index contributed by atoms with van der Waals surface area (Å²) in [4.78, 5) is 25.5. The van der Waals surface area contributed by atoms with E-state index in [2.05, 4.69) is 5.32 Å². The molecule has 7 heteroatoms. The van der Waals surface area contributed by atoms with Crippen molar-refractivity contribution in [1.82, 2.24) is 5.32 Å². The maximum atomic E-state index is 13.7. The van der Waals surface area contributed by atoms with Crippen LogP contribution in [-0.2, 0) is 24.4 Å². The maximum absolute atomic E-state index is 13.7. The molecule has 2 aromatic carbocycles. The molecule has 1 atom stereocenters. The standard InChI is InChI=1S/C28H35NO6/c1-20(22-6-8-23(9-7-22)26(30)32-2)29-27(31)28(12-16-34-17-13-28)24-4-3-5-25(18-24)35-19-21-10-14-33-15-11-21/h3-9,18,20-21H,10-17,19H2,1-2H3,(H,29,31). The summed E-state index contributed by atoms with van der Waals surface area (Å²) in [6.45, 7) is 5.26. The molecule has 7 nitrogen and oxygen atoms in total. The van der Waals surface area contributed by atoms with E-state index in [1.54, 1.807) is 12.1 Å². The van der Waals surface area contributed by atoms with Gasteiger partial charge in [0.25, 0.3) is 0 Å². The number of hydrogen-bond donors (Lipinski definition) is 1. The van der Waals surface area contributed by atoms with Gasteiger partial charge in [-0.2, -0.15) is 0 Å². The minimum atomic E-state index is -0.684. The van der Waals surface area contributed by atoms with Gasteiger partial charge in [0.05, 0.1) is 30.7 Å². The lowest BCUT2D eigenvalue weighted by Gasteiger charge is -2.37. The van der Waals surface area contributed by atoms with E-state index in [9.17, 15) is 9.59 Å². The Hall–Kier alpha value is -2.90. The van der Waals surface area contributed by atoms with Crippen molar-refractivity contribution in [3.8, 4) is 5.75 Å². The van der Waals surface area contributed by atoms with Gasteiger partial charge < -0.3 is 24.3 Å². The first-order valence-electron chi connectivity index (χ1n) is 12.4. The van der Waals surface area contributed by atoms with E-state index in [0.717, 1.165) is 42.9 Å². The second-order valence-corrected chi connectivity index (χ2v) is 9.40. The van der Waals surface area contributed by atoms with Crippen LogP contribution < -0.4 is 10.1 Å². The molecule has 0 aliphatic carbocycles. The lowest BCUT2D eigenvalue weighted by molar-refractivity contribution is -0.131. The van der Waals surface area contributed by atoms with Crippen molar-refractivity contribution in [1.29, 1.82) is 0 Å². The highest BCUT2D eigenvalue weighted by molar-refractivity contribution is 5.90. The number of ether oxygens (including phenoxy) is 4. The summed E-state index contributed by atoms with van der Waals surface area (Å²) < 4.78 is 22.0. The zero-order chi connectivity index (χ0) is 24.7. The Morgan fingerprint density at radius 3 is 2.40 bits per heavy atom. The molecular weight excluding hydrogens is 446 g/mol. The summed E-state index contributed by atoms with van der Waals surface area (Å²) >= 11 is 0. The van der Waals surface area contributed by atoms with Crippen LogP contribution >= 0.6 is 0 Å². The van der Waals surface area contributed by atoms with Crippen molar-refractivity contribution >= 4 is 11.9 Å². The van der Waals surface area contributed by atoms with Gasteiger partial charge in [-0.3, -0.25) is 4.79 Å². The van der Waals surface area contributed by atoms with Gasteiger partial charge in [0.15, 0.2) is 0 Å². The van der Waals surface area contributed by atoms with Crippen LogP contribution in [0.25, 0.3) is 0 Å². The van der Waals surface area contributed by atoms with Gasteiger partial charge in [-0.25, -0.2) is 4.79 Å². The molecule has 0 saturated carbocycles. The number of rotatable bonds is 8. The van der Waals surface area contributed by atoms with Gasteiger partial charge in [-0.05, 0) is 73.9 Å². The van der Waals surface area contributed by atoms with Crippen LogP contribution in [0.15, 0.2) is 48.5 Å². The molecule has 2 fully saturated rings. The molecule has 2 heterocycles. The summed E-state index contributed by atoms with van der Waals surface area (Å²) in [5.41, 5.74) is 1.67. The van der Waals surface area contributed by atoms with Crippen molar-refractivity contribution in [2.75, 3.05) is 40.1 Å². The number of benzene rings is 2. The van der Waals surface area contributed by atoms with Crippen molar-refractivity contribution in [2.24, 2.45) is 5.92 Å². The average molecular weight is 482 g/mol. The third-order valence-corrected chi connectivity index (χ3v) is 7.17. The smallest absolute Gasteiger partial charge is 0.337 e. The van der Waals surface area contributed by atoms with Crippen LogP contribution in [0.3, 0.4) is 0 Å². The van der Waals surface area contributed by atoms with Gasteiger partial charge in [0.2, 0.25) is 5.91 Å². The minimum absolute atomic E-state index is 0.0214. The Bertz CT molecular complexity index is 993. The molecule has 0 aromatic heterocycles. The van der Waals surface area contributed by atoms with Gasteiger partial charge in [-0.1, -0.05) is 24.3 Å². The van der Waals surface area contributed by atoms with Crippen molar-refractivity contribution in [3.63, 3.8) is 0 Å². The number of nitrogens with one attached hydrogen (secondary N) is 1. The molecule has 2 aromatic rings. The Morgan fingerprint density at radius 1 is 1.03 bits per heavy atom. The molecule has 0 bridgehead atoms. The predicted octanol–water partition coefficient (Wildman–Crippen LogP) is 4.20. The molecular formula is C28H35NO6. The maximum Gasteiger partial charge on any atom is 0.337 e. The molecule has 0 spiro atoms. The number of esters is 1. The highest BCUT2D eigenvalue weighted by atomic mass is 16.5. The topological polar surface area (TPSA) is 83.1 Å². The van der Waals surface area contributed by atoms with Gasteiger partial charge in [-0.15, -0.1) is 0 Å². The molecule has 1 N–H and O–H groups in total. The molecule has 0 radical (unpaired) electrons. The molecule has 1 amide bonds. The van der Waals surface area contributed by atoms with E-state index in [1.807, 2.05) is 43.3 Å². The monoisotopic (exact) mass is 481 g/mol. The van der Waals surface area contributed by atoms with E-state index in [-0.39, 0.29) is 17.9 Å². The second-order valence-electron chi connectivity index (χ2n) is 9.40. The highest BCUT2D eigenvalue weighted by Gasteiger charge is 2.42. The summed E-state index contributed by atoms with van der Waals surface area (Å²) in [6.07, 6.45) is 3.25. The lowest BCUT2D eigenvalue weighted by atomic mass is 9.73. The van der Waals surface area contributed by atoms with E-state index in [1.165, 1.54) is 7.11 Å². The summed E-state index contributed by atoms with van der Waals surface area (Å²) in [5, 5.41) is 3.21. The number of carbonyl (C=O) groups is 2. The van der Waals surface area contributed by atoms with Crippen molar-refractivity contribution in [2.45, 2.75) is 44.1 Å². The van der Waals surface area contributed by atoms with Crippen LogP contribution in [0.4, 0.5) is 0 Å². The SMILES string of the molecule is COC(=O)c1ccc(C(C)NC(=O)C2(c3cccc(OCC4CCOCC4)c3)CCOCC2)cc1. The zero-order valence-electron chi connectivity index (χ0n) is 20.6. The predicted molar refractivity (Wildman–Crippen MR) is 132 cm³/mol. The van der Waals surface area contributed by atoms with E-state index >= 15 is 0 Å². The first-order chi connectivity index (χ1) is 17.0. The number of hydrogen-bond acceptors (Lipinski definition) is 6. The number of methoxy groups -OCH3 is 1. The van der Waals surface area contributed by atoms with Gasteiger partial charge >= 0.3 is 5.97 Å². The zero-order valence-corrected chi connectivity index (χ0v) is 20.6. The third-order valence-electron chi connectivity index (χ3n) is 7.17. The van der Waals surface area contributed by atoms with Gasteiger partial charge in [0.1, 0.15) is 5.75 Å². The fourth-order valence-electron chi connectivity index (χ4n) is 4.82. The van der Waals surface area contributed by atoms with E-state index < -0.39 is 5.41 Å². The quantitative estimate of drug-likeness (QED) is 0.569. The van der Waals surface area contributed by atoms with Crippen LogP contribution in [0.5, 0.6) is 5.75 Å². The van der Waals surface area contributed by atoms with Crippen molar-refractivity contribution < 1.29 is 28.5 Å². The fourth-order valence-corrected chi connectivity index (χ4v) is 4.82. The van der Waals surface area contributed by atoms with Crippen LogP contribution in [0.2, 0.25) is 0 Å². The summed E-state index contributed by atoms with van der Waals surface area (Å²) in [7, 11) is 1.36. The molecule has 1 unspecified atom stereocenters. The van der Waals surface area contributed by atoms with Crippen molar-refractivity contribution in [3.05, 3.63) is 65.2 Å². The normalized spacial score (nSPS) is 18.9. The lowest BCUT2D eigenvalue weighted by Crippen LogP contribution is -2.48. The minimum Gasteiger partial charge on any atom is -0.493 e. The Morgan fingerprint density at radius 2 is 1.71 bits per heavy atom. The first kappa shape index (κ1) is 25.2. The molecule has 2 saturated heterocycles. The van der Waals surface area contributed by atoms with E-state index in [4.69, 9.17) is 18.9 Å². The molecule has 2 aliphatic heterocycles. The summed E-state index contributed by atoms with van der Waals surface area (Å²) in [5.74, 6) is 0.888. The van der Waals surface area contributed by atoms with Gasteiger partial charge in [0, 0.05) is 26.4 Å². The Labute approximate surface area is 207 Å². The Kier molecular flexibility index (Phi) is 8.42.